The maximum Gasteiger partial charge on any atom is 0.230 e. The Hall–Kier alpha value is -1.59. The molecule has 1 unspecified atom stereocenters. The van der Waals surface area contributed by atoms with Crippen LogP contribution in [0.3, 0.4) is 0 Å². The van der Waals surface area contributed by atoms with E-state index in [9.17, 15) is 4.79 Å². The van der Waals surface area contributed by atoms with E-state index in [2.05, 4.69) is 35.8 Å². The number of ether oxygens (including phenoxy) is 1. The number of rotatable bonds is 7. The maximum atomic E-state index is 12.1. The summed E-state index contributed by atoms with van der Waals surface area (Å²) in [5, 5.41) is 3.03. The van der Waals surface area contributed by atoms with Crippen molar-refractivity contribution in [3.05, 3.63) is 54.1 Å². The fraction of sp³-hybridized carbons (Fsp3) is 0.278. The van der Waals surface area contributed by atoms with Crippen molar-refractivity contribution in [1.29, 1.82) is 0 Å². The molecular weight excluding hydrogens is 326 g/mol. The van der Waals surface area contributed by atoms with E-state index in [1.54, 1.807) is 18.9 Å². The second kappa shape index (κ2) is 8.89. The van der Waals surface area contributed by atoms with Crippen LogP contribution in [-0.4, -0.2) is 25.0 Å². The Morgan fingerprint density at radius 2 is 1.91 bits per heavy atom. The van der Waals surface area contributed by atoms with E-state index >= 15 is 0 Å². The molecular formula is C18H21NO2S2. The Morgan fingerprint density at radius 1 is 1.17 bits per heavy atom. The van der Waals surface area contributed by atoms with Gasteiger partial charge in [0, 0.05) is 9.79 Å². The zero-order valence-electron chi connectivity index (χ0n) is 13.5. The molecule has 1 amide bonds. The lowest BCUT2D eigenvalue weighted by atomic mass is 10.1. The van der Waals surface area contributed by atoms with Crippen LogP contribution in [0.25, 0.3) is 0 Å². The largest absolute Gasteiger partial charge is 0.497 e. The summed E-state index contributed by atoms with van der Waals surface area (Å²) < 4.78 is 5.19. The van der Waals surface area contributed by atoms with E-state index in [4.69, 9.17) is 4.74 Å². The lowest BCUT2D eigenvalue weighted by Gasteiger charge is -2.14. The third kappa shape index (κ3) is 5.52. The number of thioether (sulfide) groups is 2. The van der Waals surface area contributed by atoms with Gasteiger partial charge in [0.2, 0.25) is 5.91 Å². The Balaban J connectivity index is 1.85. The number of hydrogen-bond acceptors (Lipinski definition) is 4. The smallest absolute Gasteiger partial charge is 0.230 e. The minimum atomic E-state index is 0.00400. The summed E-state index contributed by atoms with van der Waals surface area (Å²) >= 11 is 3.22. The third-order valence-corrected chi connectivity index (χ3v) is 5.14. The first-order valence-corrected chi connectivity index (χ1v) is 9.53. The molecule has 2 aromatic carbocycles. The molecule has 0 saturated heterocycles. The predicted molar refractivity (Wildman–Crippen MR) is 98.5 cm³/mol. The van der Waals surface area contributed by atoms with Gasteiger partial charge in [-0.15, -0.1) is 23.5 Å². The molecule has 0 aliphatic carbocycles. The summed E-state index contributed by atoms with van der Waals surface area (Å²) in [4.78, 5) is 14.4. The summed E-state index contributed by atoms with van der Waals surface area (Å²) in [6.45, 7) is 2.00. The Morgan fingerprint density at radius 3 is 2.57 bits per heavy atom. The fourth-order valence-corrected chi connectivity index (χ4v) is 3.26. The molecule has 0 radical (unpaired) electrons. The van der Waals surface area contributed by atoms with Gasteiger partial charge in [-0.1, -0.05) is 18.2 Å². The average molecular weight is 348 g/mol. The molecule has 5 heteroatoms. The Bertz CT molecular complexity index is 644. The summed E-state index contributed by atoms with van der Waals surface area (Å²) in [5.74, 6) is 1.22. The van der Waals surface area contributed by atoms with Crippen LogP contribution in [0.2, 0.25) is 0 Å². The normalized spacial score (nSPS) is 11.8. The predicted octanol–water partition coefficient (Wildman–Crippen LogP) is 4.39. The van der Waals surface area contributed by atoms with Crippen LogP contribution < -0.4 is 10.1 Å². The molecule has 0 saturated carbocycles. The van der Waals surface area contributed by atoms with Crippen LogP contribution in [0.1, 0.15) is 18.5 Å². The van der Waals surface area contributed by atoms with E-state index in [-0.39, 0.29) is 11.9 Å². The van der Waals surface area contributed by atoms with Crippen molar-refractivity contribution in [2.45, 2.75) is 22.8 Å². The van der Waals surface area contributed by atoms with Crippen molar-refractivity contribution in [3.63, 3.8) is 0 Å². The van der Waals surface area contributed by atoms with Gasteiger partial charge in [-0.25, -0.2) is 0 Å². The summed E-state index contributed by atoms with van der Waals surface area (Å²) in [7, 11) is 1.64. The zero-order chi connectivity index (χ0) is 16.7. The first-order chi connectivity index (χ1) is 11.1. The highest BCUT2D eigenvalue weighted by Gasteiger charge is 2.10. The van der Waals surface area contributed by atoms with Gasteiger partial charge in [-0.3, -0.25) is 4.79 Å². The van der Waals surface area contributed by atoms with Crippen LogP contribution in [0.15, 0.2) is 58.3 Å². The molecule has 1 atom stereocenters. The number of nitrogens with one attached hydrogen (secondary N) is 1. The number of carbonyl (C=O) groups excluding carboxylic acids is 1. The van der Waals surface area contributed by atoms with Gasteiger partial charge in [0.15, 0.2) is 0 Å². The molecule has 2 aromatic rings. The molecule has 23 heavy (non-hydrogen) atoms. The topological polar surface area (TPSA) is 38.3 Å². The number of carbonyl (C=O) groups is 1. The molecule has 0 spiro atoms. The molecule has 0 heterocycles. The highest BCUT2D eigenvalue weighted by Crippen LogP contribution is 2.23. The molecule has 0 aliphatic heterocycles. The minimum absolute atomic E-state index is 0.00400. The van der Waals surface area contributed by atoms with Crippen molar-refractivity contribution in [2.75, 3.05) is 19.1 Å². The van der Waals surface area contributed by atoms with Crippen molar-refractivity contribution in [2.24, 2.45) is 0 Å². The Labute approximate surface area is 146 Å². The van der Waals surface area contributed by atoms with Gasteiger partial charge in [0.25, 0.3) is 0 Å². The van der Waals surface area contributed by atoms with Crippen LogP contribution in [0.5, 0.6) is 5.75 Å². The molecule has 2 rings (SSSR count). The van der Waals surface area contributed by atoms with Crippen LogP contribution >= 0.6 is 23.5 Å². The average Bonchev–Trinajstić information content (AvgIpc) is 2.60. The molecule has 0 fully saturated rings. The van der Waals surface area contributed by atoms with E-state index in [0.717, 1.165) is 16.2 Å². The van der Waals surface area contributed by atoms with Gasteiger partial charge in [-0.05, 0) is 49.1 Å². The van der Waals surface area contributed by atoms with Gasteiger partial charge >= 0.3 is 0 Å². The number of methoxy groups -OCH3 is 1. The van der Waals surface area contributed by atoms with E-state index in [0.29, 0.717) is 5.75 Å². The molecule has 0 bridgehead atoms. The van der Waals surface area contributed by atoms with Crippen LogP contribution in [-0.2, 0) is 4.79 Å². The van der Waals surface area contributed by atoms with Crippen LogP contribution in [0, 0.1) is 0 Å². The summed E-state index contributed by atoms with van der Waals surface area (Å²) in [6.07, 6.45) is 2.05. The molecule has 0 aliphatic rings. The minimum Gasteiger partial charge on any atom is -0.497 e. The maximum absolute atomic E-state index is 12.1. The fourth-order valence-electron chi connectivity index (χ4n) is 2.10. The van der Waals surface area contributed by atoms with Gasteiger partial charge in [0.1, 0.15) is 5.75 Å². The molecule has 3 nitrogen and oxygen atoms in total. The highest BCUT2D eigenvalue weighted by atomic mass is 32.2. The number of benzene rings is 2. The quantitative estimate of drug-likeness (QED) is 0.754. The third-order valence-electron chi connectivity index (χ3n) is 3.40. The molecule has 1 N–H and O–H groups in total. The zero-order valence-corrected chi connectivity index (χ0v) is 15.2. The SMILES string of the molecule is COc1cccc(SCC(=O)NC(C)c2ccc(SC)cc2)c1. The second-order valence-corrected chi connectivity index (χ2v) is 6.96. The van der Waals surface area contributed by atoms with Crippen molar-refractivity contribution in [3.8, 4) is 5.75 Å². The van der Waals surface area contributed by atoms with Gasteiger partial charge in [0.05, 0.1) is 18.9 Å². The number of hydrogen-bond donors (Lipinski definition) is 1. The monoisotopic (exact) mass is 347 g/mol. The first-order valence-electron chi connectivity index (χ1n) is 7.32. The second-order valence-electron chi connectivity index (χ2n) is 5.03. The van der Waals surface area contributed by atoms with Crippen molar-refractivity contribution >= 4 is 29.4 Å². The lowest BCUT2D eigenvalue weighted by molar-refractivity contribution is -0.119. The van der Waals surface area contributed by atoms with Gasteiger partial charge < -0.3 is 10.1 Å². The number of amides is 1. The van der Waals surface area contributed by atoms with E-state index in [1.165, 1.54) is 16.7 Å². The highest BCUT2D eigenvalue weighted by molar-refractivity contribution is 8.00. The molecule has 0 aromatic heterocycles. The van der Waals surface area contributed by atoms with Crippen molar-refractivity contribution in [1.82, 2.24) is 5.32 Å². The first kappa shape index (κ1) is 17.8. The van der Waals surface area contributed by atoms with Crippen molar-refractivity contribution < 1.29 is 9.53 Å². The van der Waals surface area contributed by atoms with E-state index in [1.807, 2.05) is 31.2 Å². The Kier molecular flexibility index (Phi) is 6.86. The van der Waals surface area contributed by atoms with Gasteiger partial charge in [-0.2, -0.15) is 0 Å². The van der Waals surface area contributed by atoms with Crippen LogP contribution in [0.4, 0.5) is 0 Å². The molecule has 122 valence electrons. The van der Waals surface area contributed by atoms with E-state index < -0.39 is 0 Å². The summed E-state index contributed by atoms with van der Waals surface area (Å²) in [5.41, 5.74) is 1.11. The lowest BCUT2D eigenvalue weighted by Crippen LogP contribution is -2.28. The summed E-state index contributed by atoms with van der Waals surface area (Å²) in [6, 6.07) is 16.0. The standard InChI is InChI=1S/C18H21NO2S2/c1-13(14-7-9-16(22-3)10-8-14)19-18(20)12-23-17-6-4-5-15(11-17)21-2/h4-11,13H,12H2,1-3H3,(H,19,20).